The van der Waals surface area contributed by atoms with Crippen LogP contribution in [0, 0.1) is 13.8 Å². The second-order valence-electron chi connectivity index (χ2n) is 6.56. The van der Waals surface area contributed by atoms with Crippen molar-refractivity contribution in [1.82, 2.24) is 0 Å². The molecule has 1 aliphatic heterocycles. The molecule has 3 rings (SSSR count). The molecule has 1 amide bonds. The fourth-order valence-corrected chi connectivity index (χ4v) is 5.37. The summed E-state index contributed by atoms with van der Waals surface area (Å²) < 4.78 is 28.5. The molecule has 0 radical (unpaired) electrons. The fraction of sp³-hybridized carbons (Fsp3) is 0.316. The number of carbonyl (C=O) groups excluding carboxylic acids is 1. The van der Waals surface area contributed by atoms with E-state index >= 15 is 0 Å². The van der Waals surface area contributed by atoms with Crippen molar-refractivity contribution >= 4 is 39.1 Å². The number of anilines is 2. The van der Waals surface area contributed by atoms with Gasteiger partial charge in [0, 0.05) is 23.6 Å². The maximum atomic E-state index is 12.9. The summed E-state index contributed by atoms with van der Waals surface area (Å²) in [7, 11) is -3.75. The second kappa shape index (κ2) is 6.96. The van der Waals surface area contributed by atoms with E-state index in [0.29, 0.717) is 17.9 Å². The van der Waals surface area contributed by atoms with Crippen molar-refractivity contribution in [2.24, 2.45) is 0 Å². The summed E-state index contributed by atoms with van der Waals surface area (Å²) in [4.78, 5) is 14.7. The van der Waals surface area contributed by atoms with Gasteiger partial charge in [-0.25, -0.2) is 8.42 Å². The highest BCUT2D eigenvalue weighted by atomic mass is 32.2. The molecule has 1 unspecified atom stereocenters. The summed E-state index contributed by atoms with van der Waals surface area (Å²) in [5.74, 6) is -0.0874. The second-order valence-corrected chi connectivity index (χ2v) is 9.72. The lowest BCUT2D eigenvalue weighted by molar-refractivity contribution is -0.116. The van der Waals surface area contributed by atoms with E-state index in [1.165, 1.54) is 6.92 Å². The Morgan fingerprint density at radius 2 is 1.85 bits per heavy atom. The van der Waals surface area contributed by atoms with Crippen LogP contribution in [0.25, 0.3) is 0 Å². The van der Waals surface area contributed by atoms with Gasteiger partial charge in [-0.15, -0.1) is 11.8 Å². The molecule has 2 aromatic carbocycles. The summed E-state index contributed by atoms with van der Waals surface area (Å²) in [6.07, 6.45) is 0. The zero-order chi connectivity index (χ0) is 19.1. The topological polar surface area (TPSA) is 66.5 Å². The van der Waals surface area contributed by atoms with Crippen molar-refractivity contribution in [2.45, 2.75) is 42.7 Å². The summed E-state index contributed by atoms with van der Waals surface area (Å²) >= 11 is 1.65. The zero-order valence-corrected chi connectivity index (χ0v) is 16.9. The van der Waals surface area contributed by atoms with E-state index in [0.717, 1.165) is 16.0 Å². The van der Waals surface area contributed by atoms with Crippen LogP contribution in [0.4, 0.5) is 11.4 Å². The van der Waals surface area contributed by atoms with E-state index in [2.05, 4.69) is 11.6 Å². The molecule has 1 aliphatic rings. The minimum Gasteiger partial charge on any atom is -0.310 e. The highest BCUT2D eigenvalue weighted by molar-refractivity contribution is 8.00. The average molecular weight is 391 g/mol. The highest BCUT2D eigenvalue weighted by Gasteiger charge is 2.27. The molecule has 0 saturated heterocycles. The maximum absolute atomic E-state index is 12.9. The van der Waals surface area contributed by atoms with Gasteiger partial charge >= 0.3 is 0 Å². The molecular formula is C19H22N2O3S2. The number of amides is 1. The Bertz CT molecular complexity index is 950. The Labute approximate surface area is 158 Å². The van der Waals surface area contributed by atoms with Crippen molar-refractivity contribution in [3.8, 4) is 0 Å². The van der Waals surface area contributed by atoms with Crippen molar-refractivity contribution in [2.75, 3.05) is 16.2 Å². The van der Waals surface area contributed by atoms with E-state index in [1.54, 1.807) is 34.9 Å². The smallest absolute Gasteiger partial charge is 0.261 e. The molecular weight excluding hydrogens is 368 g/mol. The van der Waals surface area contributed by atoms with Gasteiger partial charge in [-0.3, -0.25) is 9.52 Å². The summed E-state index contributed by atoms with van der Waals surface area (Å²) in [6.45, 7) is 7.86. The van der Waals surface area contributed by atoms with Crippen LogP contribution in [0.1, 0.15) is 25.0 Å². The van der Waals surface area contributed by atoms with Crippen molar-refractivity contribution < 1.29 is 13.2 Å². The Morgan fingerprint density at radius 3 is 2.46 bits per heavy atom. The number of carbonyl (C=O) groups is 1. The SMILES string of the molecule is CC(=O)N1CC(C)Sc2ccc(S(=O)(=O)Nc3c(C)cccc3C)cc21. The summed E-state index contributed by atoms with van der Waals surface area (Å²) in [5, 5.41) is 0.265. The van der Waals surface area contributed by atoms with Crippen LogP contribution in [0.15, 0.2) is 46.2 Å². The Kier molecular flexibility index (Phi) is 5.03. The number of hydrogen-bond donors (Lipinski definition) is 1. The molecule has 1 heterocycles. The first-order chi connectivity index (χ1) is 12.2. The number of fused-ring (bicyclic) bond motifs is 1. The van der Waals surface area contributed by atoms with Gasteiger partial charge in [0.05, 0.1) is 16.3 Å². The molecule has 0 saturated carbocycles. The van der Waals surface area contributed by atoms with Gasteiger partial charge in [0.15, 0.2) is 0 Å². The lowest BCUT2D eigenvalue weighted by Crippen LogP contribution is -2.37. The van der Waals surface area contributed by atoms with Gasteiger partial charge in [-0.1, -0.05) is 25.1 Å². The van der Waals surface area contributed by atoms with Crippen LogP contribution in [0.2, 0.25) is 0 Å². The van der Waals surface area contributed by atoms with E-state index < -0.39 is 10.0 Å². The highest BCUT2D eigenvalue weighted by Crippen LogP contribution is 2.40. The lowest BCUT2D eigenvalue weighted by Gasteiger charge is -2.32. The molecule has 0 aliphatic carbocycles. The molecule has 1 N–H and O–H groups in total. The van der Waals surface area contributed by atoms with Crippen molar-refractivity contribution in [3.05, 3.63) is 47.5 Å². The minimum atomic E-state index is -3.75. The predicted molar refractivity (Wildman–Crippen MR) is 107 cm³/mol. The molecule has 0 bridgehead atoms. The first kappa shape index (κ1) is 18.8. The van der Waals surface area contributed by atoms with Crippen molar-refractivity contribution in [3.63, 3.8) is 0 Å². The van der Waals surface area contributed by atoms with E-state index in [1.807, 2.05) is 32.0 Å². The largest absolute Gasteiger partial charge is 0.310 e. The third kappa shape index (κ3) is 3.59. The molecule has 2 aromatic rings. The Hall–Kier alpha value is -1.99. The quantitative estimate of drug-likeness (QED) is 0.862. The van der Waals surface area contributed by atoms with Gasteiger partial charge < -0.3 is 4.90 Å². The monoisotopic (exact) mass is 390 g/mol. The van der Waals surface area contributed by atoms with Gasteiger partial charge in [0.2, 0.25) is 5.91 Å². The Balaban J connectivity index is 2.02. The zero-order valence-electron chi connectivity index (χ0n) is 15.2. The van der Waals surface area contributed by atoms with Gasteiger partial charge in [-0.05, 0) is 43.2 Å². The van der Waals surface area contributed by atoms with Crippen LogP contribution >= 0.6 is 11.8 Å². The number of para-hydroxylation sites is 1. The average Bonchev–Trinajstić information content (AvgIpc) is 2.57. The van der Waals surface area contributed by atoms with Crippen LogP contribution in [-0.4, -0.2) is 26.1 Å². The van der Waals surface area contributed by atoms with E-state index in [4.69, 9.17) is 0 Å². The first-order valence-corrected chi connectivity index (χ1v) is 10.7. The van der Waals surface area contributed by atoms with E-state index in [-0.39, 0.29) is 16.1 Å². The fourth-order valence-electron chi connectivity index (χ4n) is 3.05. The third-order valence-electron chi connectivity index (χ3n) is 4.40. The van der Waals surface area contributed by atoms with Crippen LogP contribution < -0.4 is 9.62 Å². The van der Waals surface area contributed by atoms with Gasteiger partial charge in [0.1, 0.15) is 0 Å². The van der Waals surface area contributed by atoms with Crippen LogP contribution in [0.3, 0.4) is 0 Å². The first-order valence-electron chi connectivity index (χ1n) is 8.37. The number of rotatable bonds is 3. The van der Waals surface area contributed by atoms with Gasteiger partial charge in [0.25, 0.3) is 10.0 Å². The lowest BCUT2D eigenvalue weighted by atomic mass is 10.1. The third-order valence-corrected chi connectivity index (χ3v) is 6.89. The number of hydrogen-bond acceptors (Lipinski definition) is 4. The number of thioether (sulfide) groups is 1. The van der Waals surface area contributed by atoms with Crippen LogP contribution in [0.5, 0.6) is 0 Å². The molecule has 0 spiro atoms. The molecule has 0 fully saturated rings. The maximum Gasteiger partial charge on any atom is 0.261 e. The Morgan fingerprint density at radius 1 is 1.19 bits per heavy atom. The molecule has 7 heteroatoms. The number of aryl methyl sites for hydroxylation is 2. The standard InChI is InChI=1S/C19H22N2O3S2/c1-12-6-5-7-13(2)19(12)20-26(23,24)16-8-9-18-17(10-16)21(15(4)22)11-14(3)25-18/h5-10,14,20H,11H2,1-4H3. The normalized spacial score (nSPS) is 16.9. The molecule has 5 nitrogen and oxygen atoms in total. The number of benzene rings is 2. The molecule has 0 aromatic heterocycles. The predicted octanol–water partition coefficient (Wildman–Crippen LogP) is 3.95. The van der Waals surface area contributed by atoms with Gasteiger partial charge in [-0.2, -0.15) is 0 Å². The number of sulfonamides is 1. The summed E-state index contributed by atoms with van der Waals surface area (Å²) in [6, 6.07) is 10.6. The van der Waals surface area contributed by atoms with Crippen molar-refractivity contribution in [1.29, 1.82) is 0 Å². The number of nitrogens with one attached hydrogen (secondary N) is 1. The number of nitrogens with zero attached hydrogens (tertiary/aromatic N) is 1. The minimum absolute atomic E-state index is 0.0874. The molecule has 26 heavy (non-hydrogen) atoms. The molecule has 138 valence electrons. The summed E-state index contributed by atoms with van der Waals surface area (Å²) in [5.41, 5.74) is 2.98. The van der Waals surface area contributed by atoms with E-state index in [9.17, 15) is 13.2 Å². The van der Waals surface area contributed by atoms with Crippen LogP contribution in [-0.2, 0) is 14.8 Å². The molecule has 1 atom stereocenters.